The molecule has 0 bridgehead atoms. The lowest BCUT2D eigenvalue weighted by Crippen LogP contribution is -2.35. The maximum atomic E-state index is 12.8. The van der Waals surface area contributed by atoms with Crippen molar-refractivity contribution < 1.29 is 18.0 Å². The maximum absolute atomic E-state index is 12.8. The van der Waals surface area contributed by atoms with Gasteiger partial charge in [-0.2, -0.15) is 0 Å². The number of urea groups is 1. The summed E-state index contributed by atoms with van der Waals surface area (Å²) in [5, 5.41) is 8.18. The minimum absolute atomic E-state index is 0.0143. The lowest BCUT2D eigenvalue weighted by atomic mass is 10.2. The van der Waals surface area contributed by atoms with Crippen LogP contribution < -0.4 is 20.7 Å². The van der Waals surface area contributed by atoms with Crippen LogP contribution in [0.5, 0.6) is 0 Å². The van der Waals surface area contributed by atoms with Gasteiger partial charge in [0.15, 0.2) is 0 Å². The average molecular weight is 487 g/mol. The summed E-state index contributed by atoms with van der Waals surface area (Å²) in [4.78, 5) is 24.3. The summed E-state index contributed by atoms with van der Waals surface area (Å²) in [5.41, 5.74) is 2.74. The fraction of sp³-hybridized carbons (Fsp3) is 0.130. The van der Waals surface area contributed by atoms with E-state index >= 15 is 0 Å². The Labute approximate surface area is 197 Å². The van der Waals surface area contributed by atoms with Crippen LogP contribution in [0.15, 0.2) is 71.6 Å². The Kier molecular flexibility index (Phi) is 7.57. The van der Waals surface area contributed by atoms with Gasteiger partial charge in [0.25, 0.3) is 10.0 Å². The summed E-state index contributed by atoms with van der Waals surface area (Å²) < 4.78 is 28.2. The predicted molar refractivity (Wildman–Crippen MR) is 130 cm³/mol. The first-order valence-electron chi connectivity index (χ1n) is 9.93. The number of amides is 3. The zero-order chi connectivity index (χ0) is 24.0. The van der Waals surface area contributed by atoms with Gasteiger partial charge in [0.05, 0.1) is 11.4 Å². The summed E-state index contributed by atoms with van der Waals surface area (Å²) in [6.07, 6.45) is 0. The Morgan fingerprint density at radius 1 is 0.848 bits per heavy atom. The minimum atomic E-state index is -3.90. The van der Waals surface area contributed by atoms with Gasteiger partial charge >= 0.3 is 6.03 Å². The highest BCUT2D eigenvalue weighted by molar-refractivity contribution is 7.92. The largest absolute Gasteiger partial charge is 0.329 e. The Bertz CT molecular complexity index is 1280. The van der Waals surface area contributed by atoms with Crippen LogP contribution in [0.1, 0.15) is 11.1 Å². The smallest absolute Gasteiger partial charge is 0.319 e. The van der Waals surface area contributed by atoms with Crippen molar-refractivity contribution in [1.29, 1.82) is 0 Å². The van der Waals surface area contributed by atoms with Gasteiger partial charge in [0.1, 0.15) is 0 Å². The number of rotatable bonds is 7. The van der Waals surface area contributed by atoms with Crippen LogP contribution in [0, 0.1) is 13.8 Å². The van der Waals surface area contributed by atoms with E-state index in [4.69, 9.17) is 11.6 Å². The molecule has 0 spiro atoms. The van der Waals surface area contributed by atoms with Gasteiger partial charge in [-0.3, -0.25) is 9.52 Å². The third kappa shape index (κ3) is 6.96. The highest BCUT2D eigenvalue weighted by Gasteiger charge is 2.18. The molecule has 3 aromatic rings. The molecule has 0 aromatic heterocycles. The summed E-state index contributed by atoms with van der Waals surface area (Å²) in [5.74, 6) is -0.507. The van der Waals surface area contributed by atoms with Crippen molar-refractivity contribution in [3.8, 4) is 0 Å². The molecule has 8 nitrogen and oxygen atoms in total. The highest BCUT2D eigenvalue weighted by atomic mass is 35.5. The Hall–Kier alpha value is -3.56. The van der Waals surface area contributed by atoms with Gasteiger partial charge in [0.2, 0.25) is 5.91 Å². The average Bonchev–Trinajstić information content (AvgIpc) is 2.75. The van der Waals surface area contributed by atoms with E-state index in [9.17, 15) is 18.0 Å². The van der Waals surface area contributed by atoms with Gasteiger partial charge in [-0.05, 0) is 73.5 Å². The molecule has 0 saturated heterocycles. The monoisotopic (exact) mass is 486 g/mol. The van der Waals surface area contributed by atoms with Crippen LogP contribution >= 0.6 is 11.6 Å². The zero-order valence-electron chi connectivity index (χ0n) is 18.0. The number of nitrogens with one attached hydrogen (secondary N) is 4. The number of aryl methyl sites for hydroxylation is 2. The van der Waals surface area contributed by atoms with Crippen LogP contribution in [0.3, 0.4) is 0 Å². The molecule has 10 heteroatoms. The second-order valence-electron chi connectivity index (χ2n) is 7.32. The van der Waals surface area contributed by atoms with Crippen LogP contribution in [-0.4, -0.2) is 26.9 Å². The van der Waals surface area contributed by atoms with Crippen molar-refractivity contribution in [3.05, 3.63) is 82.9 Å². The molecule has 33 heavy (non-hydrogen) atoms. The van der Waals surface area contributed by atoms with Crippen LogP contribution in [0.4, 0.5) is 21.9 Å². The third-order valence-corrected chi connectivity index (χ3v) is 6.32. The molecule has 0 radical (unpaired) electrons. The molecular formula is C23H23ClN4O4S. The van der Waals surface area contributed by atoms with Crippen molar-refractivity contribution >= 4 is 50.6 Å². The van der Waals surface area contributed by atoms with Gasteiger partial charge in [-0.25, -0.2) is 13.2 Å². The minimum Gasteiger partial charge on any atom is -0.329 e. The quantitative estimate of drug-likeness (QED) is 0.393. The number of anilines is 3. The first-order valence-corrected chi connectivity index (χ1v) is 11.8. The Morgan fingerprint density at radius 2 is 1.52 bits per heavy atom. The van der Waals surface area contributed by atoms with E-state index in [1.165, 1.54) is 6.07 Å². The fourth-order valence-corrected chi connectivity index (χ4v) is 4.42. The molecule has 0 unspecified atom stereocenters. The zero-order valence-corrected chi connectivity index (χ0v) is 19.5. The van der Waals surface area contributed by atoms with E-state index in [1.807, 2.05) is 19.1 Å². The van der Waals surface area contributed by atoms with Gasteiger partial charge in [-0.15, -0.1) is 0 Å². The molecule has 0 aliphatic carbocycles. The SMILES string of the molecule is Cc1cccc(NC(=O)NCC(=O)Nc2ccc(C)c(S(=O)(=O)Nc3ccc(Cl)cc3)c2)c1. The number of benzene rings is 3. The maximum Gasteiger partial charge on any atom is 0.319 e. The number of carbonyl (C=O) groups excluding carboxylic acids is 2. The van der Waals surface area contributed by atoms with Crippen molar-refractivity contribution in [2.75, 3.05) is 21.9 Å². The lowest BCUT2D eigenvalue weighted by molar-refractivity contribution is -0.115. The number of halogens is 1. The predicted octanol–water partition coefficient (Wildman–Crippen LogP) is 4.52. The van der Waals surface area contributed by atoms with E-state index in [2.05, 4.69) is 20.7 Å². The van der Waals surface area contributed by atoms with Crippen LogP contribution in [-0.2, 0) is 14.8 Å². The van der Waals surface area contributed by atoms with E-state index in [1.54, 1.807) is 55.5 Å². The molecule has 3 aromatic carbocycles. The number of hydrogen-bond acceptors (Lipinski definition) is 4. The van der Waals surface area contributed by atoms with E-state index in [0.29, 0.717) is 22.0 Å². The molecule has 172 valence electrons. The number of carbonyl (C=O) groups is 2. The lowest BCUT2D eigenvalue weighted by Gasteiger charge is -2.13. The topological polar surface area (TPSA) is 116 Å². The molecule has 0 aliphatic heterocycles. The molecule has 0 fully saturated rings. The first-order chi connectivity index (χ1) is 15.6. The van der Waals surface area contributed by atoms with E-state index in [-0.39, 0.29) is 17.1 Å². The second-order valence-corrected chi connectivity index (χ2v) is 9.41. The van der Waals surface area contributed by atoms with E-state index < -0.39 is 22.0 Å². The number of hydrogen-bond donors (Lipinski definition) is 4. The highest BCUT2D eigenvalue weighted by Crippen LogP contribution is 2.23. The summed E-state index contributed by atoms with van der Waals surface area (Å²) in [6, 6.07) is 17.5. The normalized spacial score (nSPS) is 10.9. The Balaban J connectivity index is 1.62. The van der Waals surface area contributed by atoms with Gasteiger partial charge in [-0.1, -0.05) is 29.8 Å². The van der Waals surface area contributed by atoms with Gasteiger partial charge in [0, 0.05) is 22.1 Å². The van der Waals surface area contributed by atoms with Crippen molar-refractivity contribution in [1.82, 2.24) is 5.32 Å². The van der Waals surface area contributed by atoms with Crippen LogP contribution in [0.25, 0.3) is 0 Å². The van der Waals surface area contributed by atoms with Crippen molar-refractivity contribution in [2.24, 2.45) is 0 Å². The Morgan fingerprint density at radius 3 is 2.21 bits per heavy atom. The first kappa shape index (κ1) is 24.1. The standard InChI is InChI=1S/C23H23ClN4O4S/c1-15-4-3-5-19(12-15)27-23(30)25-14-22(29)26-20-9-6-16(2)21(13-20)33(31,32)28-18-10-7-17(24)8-11-18/h3-13,28H,14H2,1-2H3,(H,26,29)(H2,25,27,30). The molecule has 0 heterocycles. The molecule has 4 N–H and O–H groups in total. The van der Waals surface area contributed by atoms with Crippen molar-refractivity contribution in [3.63, 3.8) is 0 Å². The second kappa shape index (κ2) is 10.4. The molecule has 3 rings (SSSR count). The van der Waals surface area contributed by atoms with E-state index in [0.717, 1.165) is 5.56 Å². The summed E-state index contributed by atoms with van der Waals surface area (Å²) >= 11 is 5.84. The summed E-state index contributed by atoms with van der Waals surface area (Å²) in [7, 11) is -3.90. The molecule has 0 atom stereocenters. The molecular weight excluding hydrogens is 464 g/mol. The van der Waals surface area contributed by atoms with Crippen LogP contribution in [0.2, 0.25) is 5.02 Å². The molecule has 3 amide bonds. The summed E-state index contributed by atoms with van der Waals surface area (Å²) in [6.45, 7) is 3.26. The third-order valence-electron chi connectivity index (χ3n) is 4.54. The molecule has 0 saturated carbocycles. The fourth-order valence-electron chi connectivity index (χ4n) is 2.96. The van der Waals surface area contributed by atoms with Crippen molar-refractivity contribution in [2.45, 2.75) is 18.7 Å². The molecule has 0 aliphatic rings. The van der Waals surface area contributed by atoms with Gasteiger partial charge < -0.3 is 16.0 Å². The number of sulfonamides is 1.